The van der Waals surface area contributed by atoms with E-state index in [0.717, 1.165) is 38.7 Å². The van der Waals surface area contributed by atoms with Gasteiger partial charge in [0, 0.05) is 6.61 Å². The number of ether oxygens (including phenoxy) is 1. The number of aliphatic hydroxyl groups is 1. The molecule has 0 saturated carbocycles. The largest absolute Gasteiger partial charge is 0.394 e. The van der Waals surface area contributed by atoms with Crippen LogP contribution in [0, 0.1) is 0 Å². The SMILES string of the molecule is CCC=CCC=CCC=CCCCCCCCCC(CO)OCCC. The fraction of sp³-hybridized carbons (Fsp3) is 0.739. The Hall–Kier alpha value is -0.860. The van der Waals surface area contributed by atoms with Crippen molar-refractivity contribution >= 4 is 0 Å². The van der Waals surface area contributed by atoms with Crippen LogP contribution < -0.4 is 0 Å². The fourth-order valence-corrected chi connectivity index (χ4v) is 2.68. The van der Waals surface area contributed by atoms with E-state index in [4.69, 9.17) is 4.74 Å². The van der Waals surface area contributed by atoms with Gasteiger partial charge in [0.05, 0.1) is 12.7 Å². The van der Waals surface area contributed by atoms with Crippen LogP contribution in [0.25, 0.3) is 0 Å². The lowest BCUT2D eigenvalue weighted by Crippen LogP contribution is -2.18. The Labute approximate surface area is 157 Å². The minimum Gasteiger partial charge on any atom is -0.394 e. The van der Waals surface area contributed by atoms with E-state index in [9.17, 15) is 5.11 Å². The van der Waals surface area contributed by atoms with Crippen molar-refractivity contribution < 1.29 is 9.84 Å². The van der Waals surface area contributed by atoms with Gasteiger partial charge in [0.1, 0.15) is 0 Å². The molecule has 1 N–H and O–H groups in total. The molecule has 0 rings (SSSR count). The van der Waals surface area contributed by atoms with E-state index < -0.39 is 0 Å². The number of aliphatic hydroxyl groups excluding tert-OH is 1. The molecular formula is C23H42O2. The molecule has 0 aromatic heterocycles. The van der Waals surface area contributed by atoms with Gasteiger partial charge in [0.15, 0.2) is 0 Å². The van der Waals surface area contributed by atoms with E-state index in [1.54, 1.807) is 0 Å². The van der Waals surface area contributed by atoms with Crippen LogP contribution >= 0.6 is 0 Å². The van der Waals surface area contributed by atoms with E-state index in [1.165, 1.54) is 44.9 Å². The monoisotopic (exact) mass is 350 g/mol. The smallest absolute Gasteiger partial charge is 0.0805 e. The zero-order valence-electron chi connectivity index (χ0n) is 16.8. The van der Waals surface area contributed by atoms with E-state index in [-0.39, 0.29) is 12.7 Å². The predicted molar refractivity (Wildman–Crippen MR) is 111 cm³/mol. The summed E-state index contributed by atoms with van der Waals surface area (Å²) < 4.78 is 5.60. The maximum absolute atomic E-state index is 9.24. The summed E-state index contributed by atoms with van der Waals surface area (Å²) in [5.74, 6) is 0. The fourth-order valence-electron chi connectivity index (χ4n) is 2.68. The maximum Gasteiger partial charge on any atom is 0.0805 e. The van der Waals surface area contributed by atoms with E-state index >= 15 is 0 Å². The number of allylic oxidation sites excluding steroid dienone is 6. The maximum atomic E-state index is 9.24. The van der Waals surface area contributed by atoms with Gasteiger partial charge >= 0.3 is 0 Å². The van der Waals surface area contributed by atoms with Crippen molar-refractivity contribution in [2.45, 2.75) is 97.0 Å². The number of hydrogen-bond donors (Lipinski definition) is 1. The molecule has 2 nitrogen and oxygen atoms in total. The Bertz CT molecular complexity index is 331. The van der Waals surface area contributed by atoms with E-state index in [2.05, 4.69) is 50.3 Å². The Morgan fingerprint density at radius 2 is 1.36 bits per heavy atom. The summed E-state index contributed by atoms with van der Waals surface area (Å²) in [4.78, 5) is 0. The highest BCUT2D eigenvalue weighted by atomic mass is 16.5. The first-order chi connectivity index (χ1) is 12.3. The highest BCUT2D eigenvalue weighted by molar-refractivity contribution is 4.96. The van der Waals surface area contributed by atoms with Crippen LogP contribution in [-0.4, -0.2) is 24.4 Å². The molecule has 1 unspecified atom stereocenters. The van der Waals surface area contributed by atoms with Crippen molar-refractivity contribution in [3.8, 4) is 0 Å². The van der Waals surface area contributed by atoms with Crippen LogP contribution in [-0.2, 0) is 4.74 Å². The molecule has 0 bridgehead atoms. The van der Waals surface area contributed by atoms with Gasteiger partial charge in [-0.1, -0.05) is 82.4 Å². The van der Waals surface area contributed by atoms with Crippen LogP contribution in [0.15, 0.2) is 36.5 Å². The standard InChI is InChI=1S/C23H42O2/c1-3-5-6-7-8-9-10-11-12-13-14-15-16-17-18-19-20-23(22-24)25-21-4-2/h5-6,8-9,11-12,23-24H,3-4,7,10,13-22H2,1-2H3. The molecule has 0 aromatic carbocycles. The molecule has 0 amide bonds. The molecule has 0 aliphatic rings. The van der Waals surface area contributed by atoms with Gasteiger partial charge < -0.3 is 9.84 Å². The minimum absolute atomic E-state index is 0.0572. The van der Waals surface area contributed by atoms with Crippen molar-refractivity contribution in [2.75, 3.05) is 13.2 Å². The van der Waals surface area contributed by atoms with Crippen LogP contribution in [0.4, 0.5) is 0 Å². The summed E-state index contributed by atoms with van der Waals surface area (Å²) in [6.07, 6.45) is 27.8. The summed E-state index contributed by atoms with van der Waals surface area (Å²) in [6, 6.07) is 0. The van der Waals surface area contributed by atoms with Gasteiger partial charge in [-0.05, 0) is 44.9 Å². The first kappa shape index (κ1) is 24.1. The van der Waals surface area contributed by atoms with Gasteiger partial charge in [-0.3, -0.25) is 0 Å². The average Bonchev–Trinajstić information content (AvgIpc) is 2.63. The summed E-state index contributed by atoms with van der Waals surface area (Å²) in [7, 11) is 0. The topological polar surface area (TPSA) is 29.5 Å². The summed E-state index contributed by atoms with van der Waals surface area (Å²) >= 11 is 0. The molecular weight excluding hydrogens is 308 g/mol. The highest BCUT2D eigenvalue weighted by Crippen LogP contribution is 2.11. The van der Waals surface area contributed by atoms with Crippen LogP contribution in [0.2, 0.25) is 0 Å². The van der Waals surface area contributed by atoms with Crippen molar-refractivity contribution in [3.05, 3.63) is 36.5 Å². The van der Waals surface area contributed by atoms with Crippen molar-refractivity contribution in [1.29, 1.82) is 0 Å². The van der Waals surface area contributed by atoms with Crippen molar-refractivity contribution in [1.82, 2.24) is 0 Å². The molecule has 25 heavy (non-hydrogen) atoms. The molecule has 0 radical (unpaired) electrons. The molecule has 0 spiro atoms. The Kier molecular flexibility index (Phi) is 20.5. The zero-order valence-corrected chi connectivity index (χ0v) is 16.8. The molecule has 0 saturated heterocycles. The Balaban J connectivity index is 3.32. The van der Waals surface area contributed by atoms with Gasteiger partial charge in [-0.15, -0.1) is 0 Å². The van der Waals surface area contributed by atoms with E-state index in [0.29, 0.717) is 0 Å². The zero-order chi connectivity index (χ0) is 18.4. The third kappa shape index (κ3) is 19.3. The molecule has 0 aliphatic carbocycles. The highest BCUT2D eigenvalue weighted by Gasteiger charge is 2.06. The van der Waals surface area contributed by atoms with Crippen molar-refractivity contribution in [2.24, 2.45) is 0 Å². The van der Waals surface area contributed by atoms with Gasteiger partial charge in [0.25, 0.3) is 0 Å². The number of unbranched alkanes of at least 4 members (excludes halogenated alkanes) is 6. The summed E-state index contributed by atoms with van der Waals surface area (Å²) in [5.41, 5.74) is 0. The second-order valence-corrected chi connectivity index (χ2v) is 6.67. The van der Waals surface area contributed by atoms with Gasteiger partial charge in [-0.25, -0.2) is 0 Å². The molecule has 1 atom stereocenters. The lowest BCUT2D eigenvalue weighted by molar-refractivity contribution is 0.00707. The molecule has 2 heteroatoms. The Morgan fingerprint density at radius 1 is 0.760 bits per heavy atom. The average molecular weight is 351 g/mol. The molecule has 0 aliphatic heterocycles. The number of rotatable bonds is 18. The molecule has 0 fully saturated rings. The quantitative estimate of drug-likeness (QED) is 0.219. The first-order valence-corrected chi connectivity index (χ1v) is 10.5. The normalized spacial score (nSPS) is 13.6. The third-order valence-electron chi connectivity index (χ3n) is 4.19. The van der Waals surface area contributed by atoms with Crippen LogP contribution in [0.5, 0.6) is 0 Å². The van der Waals surface area contributed by atoms with Crippen LogP contribution in [0.1, 0.15) is 90.9 Å². The third-order valence-corrected chi connectivity index (χ3v) is 4.19. The van der Waals surface area contributed by atoms with Gasteiger partial charge in [-0.2, -0.15) is 0 Å². The predicted octanol–water partition coefficient (Wildman–Crippen LogP) is 6.75. The number of hydrogen-bond acceptors (Lipinski definition) is 2. The van der Waals surface area contributed by atoms with Crippen LogP contribution in [0.3, 0.4) is 0 Å². The first-order valence-electron chi connectivity index (χ1n) is 10.5. The molecule has 0 aromatic rings. The summed E-state index contributed by atoms with van der Waals surface area (Å²) in [6.45, 7) is 5.20. The second-order valence-electron chi connectivity index (χ2n) is 6.67. The Morgan fingerprint density at radius 3 is 2.00 bits per heavy atom. The lowest BCUT2D eigenvalue weighted by atomic mass is 10.1. The van der Waals surface area contributed by atoms with Crippen molar-refractivity contribution in [3.63, 3.8) is 0 Å². The van der Waals surface area contributed by atoms with E-state index in [1.807, 2.05) is 0 Å². The molecule has 146 valence electrons. The van der Waals surface area contributed by atoms with Gasteiger partial charge in [0.2, 0.25) is 0 Å². The lowest BCUT2D eigenvalue weighted by Gasteiger charge is -2.14. The molecule has 0 heterocycles. The second kappa shape index (κ2) is 21.2. The minimum atomic E-state index is 0.0572. The summed E-state index contributed by atoms with van der Waals surface area (Å²) in [5, 5.41) is 9.24.